The van der Waals surface area contributed by atoms with Gasteiger partial charge in [-0.25, -0.2) is 0 Å². The zero-order chi connectivity index (χ0) is 15.5. The second kappa shape index (κ2) is 6.32. The lowest BCUT2D eigenvalue weighted by molar-refractivity contribution is -0.385. The van der Waals surface area contributed by atoms with Gasteiger partial charge in [0.25, 0.3) is 5.69 Å². The maximum Gasteiger partial charge on any atom is 0.273 e. The van der Waals surface area contributed by atoms with Crippen LogP contribution in [-0.2, 0) is 4.74 Å². The highest BCUT2D eigenvalue weighted by atomic mass is 16.7. The Bertz CT molecular complexity index is 623. The van der Waals surface area contributed by atoms with Crippen LogP contribution >= 0.6 is 0 Å². The number of rotatable bonds is 6. The topological polar surface area (TPSA) is 61.6 Å². The van der Waals surface area contributed by atoms with Gasteiger partial charge in [-0.05, 0) is 36.7 Å². The fourth-order valence-electron chi connectivity index (χ4n) is 3.29. The van der Waals surface area contributed by atoms with E-state index in [1.54, 1.807) is 6.07 Å². The Labute approximate surface area is 129 Å². The molecule has 1 aromatic rings. The maximum atomic E-state index is 10.9. The van der Waals surface area contributed by atoms with Crippen LogP contribution in [0.4, 0.5) is 5.69 Å². The van der Waals surface area contributed by atoms with Gasteiger partial charge in [0.1, 0.15) is 5.75 Å². The summed E-state index contributed by atoms with van der Waals surface area (Å²) in [6.45, 7) is 0.0683. The van der Waals surface area contributed by atoms with Crippen LogP contribution in [0, 0.1) is 27.9 Å². The third-order valence-corrected chi connectivity index (χ3v) is 4.39. The minimum absolute atomic E-state index is 0.0195. The number of fused-ring (bicyclic) bond motifs is 2. The molecule has 5 heteroatoms. The van der Waals surface area contributed by atoms with Gasteiger partial charge in [-0.15, -0.1) is 0 Å². The molecule has 3 unspecified atom stereocenters. The summed E-state index contributed by atoms with van der Waals surface area (Å²) >= 11 is 0. The van der Waals surface area contributed by atoms with E-state index < -0.39 is 4.92 Å². The van der Waals surface area contributed by atoms with Crippen LogP contribution < -0.4 is 4.74 Å². The van der Waals surface area contributed by atoms with Crippen molar-refractivity contribution in [3.05, 3.63) is 52.1 Å². The molecule has 0 aromatic heterocycles. The van der Waals surface area contributed by atoms with E-state index in [9.17, 15) is 10.1 Å². The molecule has 116 valence electrons. The van der Waals surface area contributed by atoms with E-state index >= 15 is 0 Å². The molecule has 5 nitrogen and oxygen atoms in total. The highest BCUT2D eigenvalue weighted by molar-refractivity contribution is 5.60. The van der Waals surface area contributed by atoms with E-state index in [2.05, 4.69) is 18.2 Å². The Morgan fingerprint density at radius 1 is 1.36 bits per heavy atom. The van der Waals surface area contributed by atoms with Gasteiger partial charge in [-0.3, -0.25) is 10.1 Å². The molecule has 1 aromatic carbocycles. The molecule has 1 fully saturated rings. The van der Waals surface area contributed by atoms with Crippen molar-refractivity contribution in [3.8, 4) is 5.75 Å². The first kappa shape index (κ1) is 14.8. The summed E-state index contributed by atoms with van der Waals surface area (Å²) in [6.07, 6.45) is 11.3. The summed E-state index contributed by atoms with van der Waals surface area (Å²) in [5.41, 5.74) is 0.862. The number of non-ortho nitro benzene ring substituents is 1. The largest absolute Gasteiger partial charge is 0.467 e. The predicted octanol–water partition coefficient (Wildman–Crippen LogP) is 3.80. The van der Waals surface area contributed by atoms with Crippen molar-refractivity contribution in [2.45, 2.75) is 12.8 Å². The number of nitro groups is 1. The van der Waals surface area contributed by atoms with Crippen LogP contribution in [0.25, 0.3) is 6.08 Å². The molecule has 0 radical (unpaired) electrons. The second-order valence-corrected chi connectivity index (χ2v) is 5.83. The molecule has 2 bridgehead atoms. The van der Waals surface area contributed by atoms with E-state index in [1.807, 2.05) is 6.08 Å². The Morgan fingerprint density at radius 2 is 2.23 bits per heavy atom. The lowest BCUT2D eigenvalue weighted by Gasteiger charge is -2.13. The summed E-state index contributed by atoms with van der Waals surface area (Å²) in [5, 5.41) is 10.9. The molecule has 0 amide bonds. The predicted molar refractivity (Wildman–Crippen MR) is 83.5 cm³/mol. The van der Waals surface area contributed by atoms with Gasteiger partial charge in [0, 0.05) is 18.7 Å². The van der Waals surface area contributed by atoms with Crippen molar-refractivity contribution in [2.75, 3.05) is 13.9 Å². The fourth-order valence-corrected chi connectivity index (χ4v) is 3.29. The standard InChI is InChI=1S/C17H19NO4/c1-21-11-22-17-10-16(18(19)20)7-6-13(17)4-5-15-9-12-2-3-14(15)8-12/h2-7,10,12,14-15H,8-9,11H2,1H3/b5-4+. The lowest BCUT2D eigenvalue weighted by atomic mass is 9.92. The van der Waals surface area contributed by atoms with Crippen LogP contribution in [0.15, 0.2) is 36.4 Å². The second-order valence-electron chi connectivity index (χ2n) is 5.83. The van der Waals surface area contributed by atoms with Crippen LogP contribution in [0.1, 0.15) is 18.4 Å². The Balaban J connectivity index is 1.79. The smallest absolute Gasteiger partial charge is 0.273 e. The van der Waals surface area contributed by atoms with E-state index in [4.69, 9.17) is 9.47 Å². The first-order chi connectivity index (χ1) is 10.7. The van der Waals surface area contributed by atoms with Crippen LogP contribution in [0.2, 0.25) is 0 Å². The summed E-state index contributed by atoms with van der Waals surface area (Å²) < 4.78 is 10.4. The molecule has 0 aliphatic heterocycles. The van der Waals surface area contributed by atoms with Crippen LogP contribution in [0.3, 0.4) is 0 Å². The van der Waals surface area contributed by atoms with Crippen LogP contribution in [0.5, 0.6) is 5.75 Å². The number of allylic oxidation sites excluding steroid dienone is 3. The third-order valence-electron chi connectivity index (χ3n) is 4.39. The van der Waals surface area contributed by atoms with Crippen LogP contribution in [-0.4, -0.2) is 18.8 Å². The monoisotopic (exact) mass is 301 g/mol. The molecular weight excluding hydrogens is 282 g/mol. The number of benzene rings is 1. The van der Waals surface area contributed by atoms with Gasteiger partial charge in [0.05, 0.1) is 11.0 Å². The minimum atomic E-state index is -0.423. The molecule has 3 rings (SSSR count). The zero-order valence-corrected chi connectivity index (χ0v) is 12.5. The third kappa shape index (κ3) is 3.04. The first-order valence-corrected chi connectivity index (χ1v) is 7.44. The van der Waals surface area contributed by atoms with Crippen molar-refractivity contribution >= 4 is 11.8 Å². The van der Waals surface area contributed by atoms with E-state index in [-0.39, 0.29) is 12.5 Å². The molecular formula is C17H19NO4. The van der Waals surface area contributed by atoms with E-state index in [0.29, 0.717) is 17.6 Å². The normalized spacial score (nSPS) is 26.0. The summed E-state index contributed by atoms with van der Waals surface area (Å²) in [5.74, 6) is 2.40. The Kier molecular flexibility index (Phi) is 4.24. The average Bonchev–Trinajstić information content (AvgIpc) is 3.13. The highest BCUT2D eigenvalue weighted by Crippen LogP contribution is 2.44. The number of hydrogen-bond acceptors (Lipinski definition) is 4. The van der Waals surface area contributed by atoms with E-state index in [0.717, 1.165) is 11.5 Å². The van der Waals surface area contributed by atoms with Crippen molar-refractivity contribution < 1.29 is 14.4 Å². The maximum absolute atomic E-state index is 10.9. The Hall–Kier alpha value is -2.14. The van der Waals surface area contributed by atoms with Gasteiger partial charge >= 0.3 is 0 Å². The number of nitrogens with zero attached hydrogens (tertiary/aromatic N) is 1. The number of nitro benzene ring substituents is 1. The van der Waals surface area contributed by atoms with Gasteiger partial charge < -0.3 is 9.47 Å². The molecule has 0 heterocycles. The van der Waals surface area contributed by atoms with Gasteiger partial charge in [-0.1, -0.05) is 24.3 Å². The molecule has 2 aliphatic rings. The Morgan fingerprint density at radius 3 is 2.86 bits per heavy atom. The minimum Gasteiger partial charge on any atom is -0.467 e. The summed E-state index contributed by atoms with van der Waals surface area (Å²) in [6, 6.07) is 4.67. The highest BCUT2D eigenvalue weighted by Gasteiger charge is 2.33. The molecule has 2 aliphatic carbocycles. The molecule has 1 saturated carbocycles. The first-order valence-electron chi connectivity index (χ1n) is 7.44. The lowest BCUT2D eigenvalue weighted by Crippen LogP contribution is -2.03. The van der Waals surface area contributed by atoms with E-state index in [1.165, 1.54) is 32.1 Å². The number of methoxy groups -OCH3 is 1. The number of hydrogen-bond donors (Lipinski definition) is 0. The fraction of sp³-hybridized carbons (Fsp3) is 0.412. The zero-order valence-electron chi connectivity index (χ0n) is 12.5. The quantitative estimate of drug-likeness (QED) is 0.347. The summed E-state index contributed by atoms with van der Waals surface area (Å²) in [4.78, 5) is 10.5. The van der Waals surface area contributed by atoms with Gasteiger partial charge in [0.15, 0.2) is 6.79 Å². The molecule has 0 spiro atoms. The summed E-state index contributed by atoms with van der Waals surface area (Å²) in [7, 11) is 1.52. The van der Waals surface area contributed by atoms with Gasteiger partial charge in [0.2, 0.25) is 0 Å². The average molecular weight is 301 g/mol. The van der Waals surface area contributed by atoms with Crippen molar-refractivity contribution in [3.63, 3.8) is 0 Å². The van der Waals surface area contributed by atoms with Crippen molar-refractivity contribution in [2.24, 2.45) is 17.8 Å². The molecule has 0 N–H and O–H groups in total. The SMILES string of the molecule is COCOc1cc([N+](=O)[O-])ccc1/C=C/C1CC2C=CC1C2. The number of ether oxygens (including phenoxy) is 2. The molecule has 0 saturated heterocycles. The molecule has 22 heavy (non-hydrogen) atoms. The molecule has 3 atom stereocenters. The van der Waals surface area contributed by atoms with Crippen molar-refractivity contribution in [1.82, 2.24) is 0 Å². The van der Waals surface area contributed by atoms with Gasteiger partial charge in [-0.2, -0.15) is 0 Å². The van der Waals surface area contributed by atoms with Crippen molar-refractivity contribution in [1.29, 1.82) is 0 Å².